The van der Waals surface area contributed by atoms with Crippen LogP contribution in [0.25, 0.3) is 0 Å². The number of aromatic amines is 1. The lowest BCUT2D eigenvalue weighted by Crippen LogP contribution is -2.29. The highest BCUT2D eigenvalue weighted by atomic mass is 32.1. The first-order valence-corrected chi connectivity index (χ1v) is 7.48. The van der Waals surface area contributed by atoms with Gasteiger partial charge in [0, 0.05) is 36.2 Å². The molecule has 2 heterocycles. The van der Waals surface area contributed by atoms with E-state index in [1.165, 1.54) is 17.8 Å². The summed E-state index contributed by atoms with van der Waals surface area (Å²) in [6.07, 6.45) is 0.925. The van der Waals surface area contributed by atoms with Gasteiger partial charge in [-0.2, -0.15) is 0 Å². The fourth-order valence-electron chi connectivity index (χ4n) is 2.67. The molecule has 0 aliphatic carbocycles. The number of nitrogens with zero attached hydrogens (tertiary/aromatic N) is 1. The van der Waals surface area contributed by atoms with Crippen LogP contribution in [-0.4, -0.2) is 16.5 Å². The summed E-state index contributed by atoms with van der Waals surface area (Å²) >= 11 is 5.43. The largest absolute Gasteiger partial charge is 0.346 e. The average Bonchev–Trinajstić information content (AvgIpc) is 2.47. The van der Waals surface area contributed by atoms with Crippen LogP contribution in [0, 0.1) is 10.5 Å². The molecule has 0 radical (unpaired) electrons. The molecular formula is C16H18FN3S. The second-order valence-electron chi connectivity index (χ2n) is 5.91. The van der Waals surface area contributed by atoms with Gasteiger partial charge in [0.05, 0.1) is 0 Å². The molecule has 0 atom stereocenters. The van der Waals surface area contributed by atoms with Crippen molar-refractivity contribution < 1.29 is 4.39 Å². The zero-order valence-corrected chi connectivity index (χ0v) is 13.0. The smallest absolute Gasteiger partial charge is 0.134 e. The maximum absolute atomic E-state index is 13.1. The molecule has 0 fully saturated rings. The predicted octanol–water partition coefficient (Wildman–Crippen LogP) is 3.25. The van der Waals surface area contributed by atoms with E-state index in [-0.39, 0.29) is 11.2 Å². The molecule has 0 unspecified atom stereocenters. The summed E-state index contributed by atoms with van der Waals surface area (Å²) in [4.78, 5) is 8.03. The van der Waals surface area contributed by atoms with Crippen molar-refractivity contribution in [1.29, 1.82) is 0 Å². The number of hydrogen-bond acceptors (Lipinski definition) is 3. The Hall–Kier alpha value is -1.59. The molecule has 3 nitrogen and oxygen atoms in total. The highest BCUT2D eigenvalue weighted by Crippen LogP contribution is 2.30. The number of nitrogens with one attached hydrogen (secondary N) is 2. The van der Waals surface area contributed by atoms with Crippen molar-refractivity contribution in [2.45, 2.75) is 32.2 Å². The Kier molecular flexibility index (Phi) is 3.63. The minimum atomic E-state index is -0.346. The Bertz CT molecular complexity index is 719. The minimum absolute atomic E-state index is 0.230. The van der Waals surface area contributed by atoms with Gasteiger partial charge in [-0.25, -0.2) is 9.37 Å². The van der Waals surface area contributed by atoms with Gasteiger partial charge >= 0.3 is 0 Å². The van der Waals surface area contributed by atoms with Crippen molar-refractivity contribution in [3.63, 3.8) is 0 Å². The standard InChI is InChI=1S/C16H18FN3S/c1-16(2,10-3-5-11(17)6-4-10)15-19-13-7-8-18-9-12(13)14(21)20-15/h3-6,18H,7-9H2,1-2H3,(H,19,20,21). The third-order valence-electron chi connectivity index (χ3n) is 4.12. The third kappa shape index (κ3) is 2.63. The number of rotatable bonds is 2. The maximum atomic E-state index is 13.1. The van der Waals surface area contributed by atoms with Crippen LogP contribution in [-0.2, 0) is 18.4 Å². The highest BCUT2D eigenvalue weighted by Gasteiger charge is 2.27. The van der Waals surface area contributed by atoms with Crippen LogP contribution in [0.5, 0.6) is 0 Å². The van der Waals surface area contributed by atoms with E-state index in [2.05, 4.69) is 29.1 Å². The normalized spacial score (nSPS) is 14.8. The van der Waals surface area contributed by atoms with Crippen LogP contribution < -0.4 is 5.32 Å². The van der Waals surface area contributed by atoms with E-state index in [9.17, 15) is 4.39 Å². The third-order valence-corrected chi connectivity index (χ3v) is 4.45. The number of hydrogen-bond donors (Lipinski definition) is 2. The van der Waals surface area contributed by atoms with Crippen molar-refractivity contribution in [2.75, 3.05) is 6.54 Å². The molecule has 0 spiro atoms. The van der Waals surface area contributed by atoms with E-state index in [0.29, 0.717) is 4.64 Å². The Morgan fingerprint density at radius 2 is 1.95 bits per heavy atom. The summed E-state index contributed by atoms with van der Waals surface area (Å²) in [5, 5.41) is 3.31. The molecule has 3 rings (SSSR count). The van der Waals surface area contributed by atoms with Crippen LogP contribution in [0.3, 0.4) is 0 Å². The van der Waals surface area contributed by atoms with Gasteiger partial charge in [-0.15, -0.1) is 0 Å². The van der Waals surface area contributed by atoms with E-state index < -0.39 is 0 Å². The number of halogens is 1. The molecule has 0 amide bonds. The van der Waals surface area contributed by atoms with Gasteiger partial charge in [-0.1, -0.05) is 24.4 Å². The molecule has 2 N–H and O–H groups in total. The molecule has 0 saturated carbocycles. The Morgan fingerprint density at radius 1 is 1.24 bits per heavy atom. The lowest BCUT2D eigenvalue weighted by molar-refractivity contribution is 0.558. The average molecular weight is 303 g/mol. The number of aromatic nitrogens is 2. The maximum Gasteiger partial charge on any atom is 0.134 e. The summed E-state index contributed by atoms with van der Waals surface area (Å²) in [5.41, 5.74) is 2.92. The molecule has 21 heavy (non-hydrogen) atoms. The fourth-order valence-corrected chi connectivity index (χ4v) is 2.95. The molecule has 2 aromatic rings. The van der Waals surface area contributed by atoms with Gasteiger partial charge in [0.15, 0.2) is 0 Å². The monoisotopic (exact) mass is 303 g/mol. The zero-order valence-electron chi connectivity index (χ0n) is 12.2. The molecule has 1 aliphatic heterocycles. The summed E-state index contributed by atoms with van der Waals surface area (Å²) in [6, 6.07) is 6.56. The SMILES string of the molecule is CC(C)(c1ccc(F)cc1)c1nc(=S)c2c([nH]1)CCNC2. The second kappa shape index (κ2) is 5.31. The van der Waals surface area contributed by atoms with Gasteiger partial charge in [-0.3, -0.25) is 0 Å². The van der Waals surface area contributed by atoms with E-state index in [0.717, 1.165) is 36.5 Å². The minimum Gasteiger partial charge on any atom is -0.346 e. The zero-order chi connectivity index (χ0) is 15.0. The van der Waals surface area contributed by atoms with Gasteiger partial charge in [0.1, 0.15) is 16.3 Å². The molecule has 5 heteroatoms. The lowest BCUT2D eigenvalue weighted by atomic mass is 9.83. The summed E-state index contributed by atoms with van der Waals surface area (Å²) in [5.74, 6) is 0.603. The molecular weight excluding hydrogens is 285 g/mol. The van der Waals surface area contributed by atoms with Gasteiger partial charge in [0.25, 0.3) is 0 Å². The van der Waals surface area contributed by atoms with E-state index in [4.69, 9.17) is 12.2 Å². The molecule has 1 aliphatic rings. The van der Waals surface area contributed by atoms with Gasteiger partial charge in [0.2, 0.25) is 0 Å². The molecule has 1 aromatic carbocycles. The fraction of sp³-hybridized carbons (Fsp3) is 0.375. The number of benzene rings is 1. The first-order chi connectivity index (χ1) is 9.98. The van der Waals surface area contributed by atoms with Gasteiger partial charge in [-0.05, 0) is 31.5 Å². The van der Waals surface area contributed by atoms with E-state index in [1.807, 2.05) is 0 Å². The molecule has 0 saturated heterocycles. The summed E-state index contributed by atoms with van der Waals surface area (Å²) < 4.78 is 13.8. The van der Waals surface area contributed by atoms with Crippen LogP contribution in [0.2, 0.25) is 0 Å². The van der Waals surface area contributed by atoms with Crippen molar-refractivity contribution in [3.8, 4) is 0 Å². The van der Waals surface area contributed by atoms with Gasteiger partial charge < -0.3 is 10.3 Å². The molecule has 110 valence electrons. The van der Waals surface area contributed by atoms with Crippen molar-refractivity contribution in [3.05, 3.63) is 57.4 Å². The second-order valence-corrected chi connectivity index (χ2v) is 6.29. The van der Waals surface area contributed by atoms with Crippen LogP contribution >= 0.6 is 12.2 Å². The van der Waals surface area contributed by atoms with Crippen molar-refractivity contribution >= 4 is 12.2 Å². The van der Waals surface area contributed by atoms with Crippen molar-refractivity contribution in [2.24, 2.45) is 0 Å². The van der Waals surface area contributed by atoms with Crippen LogP contribution in [0.15, 0.2) is 24.3 Å². The quantitative estimate of drug-likeness (QED) is 0.837. The van der Waals surface area contributed by atoms with Crippen molar-refractivity contribution in [1.82, 2.24) is 15.3 Å². The first-order valence-electron chi connectivity index (χ1n) is 7.08. The summed E-state index contributed by atoms with van der Waals surface area (Å²) in [7, 11) is 0. The molecule has 1 aromatic heterocycles. The topological polar surface area (TPSA) is 40.7 Å². The number of H-pyrrole nitrogens is 1. The highest BCUT2D eigenvalue weighted by molar-refractivity contribution is 7.71. The number of fused-ring (bicyclic) bond motifs is 1. The lowest BCUT2D eigenvalue weighted by Gasteiger charge is -2.27. The first kappa shape index (κ1) is 14.4. The van der Waals surface area contributed by atoms with Crippen LogP contribution in [0.4, 0.5) is 4.39 Å². The van der Waals surface area contributed by atoms with Crippen LogP contribution in [0.1, 0.15) is 36.5 Å². The predicted molar refractivity (Wildman–Crippen MR) is 83.4 cm³/mol. The summed E-state index contributed by atoms with van der Waals surface area (Å²) in [6.45, 7) is 5.86. The van der Waals surface area contributed by atoms with E-state index >= 15 is 0 Å². The Labute approximate surface area is 128 Å². The molecule has 0 bridgehead atoms. The Morgan fingerprint density at radius 3 is 2.67 bits per heavy atom. The van der Waals surface area contributed by atoms with E-state index in [1.54, 1.807) is 12.1 Å². The Balaban J connectivity index is 2.08.